The molecule has 0 saturated carbocycles. The highest BCUT2D eigenvalue weighted by atomic mass is 31.2. The molecule has 3 unspecified atom stereocenters. The van der Waals surface area contributed by atoms with E-state index in [-0.39, 0.29) is 59.5 Å². The standard InChI is InChI=1S/C40H51N11O13P2Si/c1-22(2)35(52)48-39-47-34-29(37(54)49-39)45-21-51(34)38-31-30(64-67(6,7)40(3,4)5)26(61-38)18-59-66(56,58-15-11-14-41)63-24-16-27(60-25(24)17-57-65(55)62-31)50-20-44-28-32(42-19-43-33(28)50)46-36(53)23-12-9-8-10-13-23/h8-10,12-13,19-22,24-27,30-31,38,55H,11,15-18H2,1-7H3,(H,42,43,46,53)(H2,47,48,49,52,54)/t24-,25+,26+,27+,30+,31+,38?,65?,66?/m0/s1. The first-order chi connectivity index (χ1) is 31.8. The molecular weight excluding hydrogens is 933 g/mol. The highest BCUT2D eigenvalue weighted by Crippen LogP contribution is 2.56. The van der Waals surface area contributed by atoms with E-state index in [1.54, 1.807) is 48.7 Å². The Hall–Kier alpha value is -4.93. The van der Waals surface area contributed by atoms with Gasteiger partial charge in [0.05, 0.1) is 45.0 Å². The number of aromatic nitrogens is 8. The largest absolute Gasteiger partial charge is 0.475 e. The lowest BCUT2D eigenvalue weighted by atomic mass is 10.1. The van der Waals surface area contributed by atoms with Crippen LogP contribution in [0.5, 0.6) is 0 Å². The molecule has 0 spiro atoms. The van der Waals surface area contributed by atoms with E-state index in [1.807, 2.05) is 39.9 Å². The number of H-pyrrole nitrogens is 1. The molecule has 3 aliphatic heterocycles. The summed E-state index contributed by atoms with van der Waals surface area (Å²) < 4.78 is 68.3. The molecule has 2 amide bonds. The predicted octanol–water partition coefficient (Wildman–Crippen LogP) is 5.46. The third-order valence-corrected chi connectivity index (χ3v) is 18.6. The van der Waals surface area contributed by atoms with Crippen LogP contribution in [-0.4, -0.2) is 114 Å². The molecule has 0 radical (unpaired) electrons. The summed E-state index contributed by atoms with van der Waals surface area (Å²) in [6.07, 6.45) is -3.73. The molecule has 3 aliphatic rings. The molecule has 9 atom stereocenters. The number of hydrogen-bond acceptors (Lipinski definition) is 19. The van der Waals surface area contributed by atoms with Gasteiger partial charge in [-0.05, 0) is 30.3 Å². The summed E-state index contributed by atoms with van der Waals surface area (Å²) in [7, 11) is -10.1. The van der Waals surface area contributed by atoms with E-state index in [2.05, 4.69) is 40.5 Å². The molecule has 7 heterocycles. The summed E-state index contributed by atoms with van der Waals surface area (Å²) >= 11 is 0. The van der Waals surface area contributed by atoms with E-state index in [1.165, 1.54) is 23.5 Å². The van der Waals surface area contributed by atoms with Crippen molar-refractivity contribution in [2.75, 3.05) is 30.5 Å². The number of nitriles is 1. The van der Waals surface area contributed by atoms with Gasteiger partial charge in [0.1, 0.15) is 43.1 Å². The van der Waals surface area contributed by atoms with Crippen molar-refractivity contribution in [3.05, 3.63) is 65.2 Å². The minimum atomic E-state index is -4.62. The Labute approximate surface area is 385 Å². The van der Waals surface area contributed by atoms with E-state index in [0.717, 1.165) is 0 Å². The summed E-state index contributed by atoms with van der Waals surface area (Å²) in [4.78, 5) is 75.0. The molecule has 3 saturated heterocycles. The Bertz CT molecular complexity index is 2760. The number of ether oxygens (including phenoxy) is 2. The van der Waals surface area contributed by atoms with E-state index in [9.17, 15) is 29.1 Å². The molecule has 8 rings (SSSR count). The second-order valence-electron chi connectivity index (χ2n) is 17.8. The number of benzene rings is 1. The van der Waals surface area contributed by atoms with Gasteiger partial charge in [0, 0.05) is 17.9 Å². The Balaban J connectivity index is 1.12. The number of aromatic amines is 1. The summed E-state index contributed by atoms with van der Waals surface area (Å²) in [5.41, 5.74) is 0.232. The maximum Gasteiger partial charge on any atom is 0.475 e. The summed E-state index contributed by atoms with van der Waals surface area (Å²) in [5, 5.41) is 14.4. The molecule has 67 heavy (non-hydrogen) atoms. The molecule has 358 valence electrons. The van der Waals surface area contributed by atoms with Gasteiger partial charge in [-0.25, -0.2) is 24.5 Å². The van der Waals surface area contributed by atoms with E-state index in [0.29, 0.717) is 11.2 Å². The van der Waals surface area contributed by atoms with Crippen LogP contribution in [0.2, 0.25) is 18.1 Å². The van der Waals surface area contributed by atoms with Crippen LogP contribution in [0.3, 0.4) is 0 Å². The molecule has 27 heteroatoms. The van der Waals surface area contributed by atoms with E-state index in [4.69, 9.17) is 36.5 Å². The third kappa shape index (κ3) is 10.4. The SMILES string of the molecule is CC(C)C(=O)Nc1nc2c(ncn2C2O[C@@H]3COP(=O)(OCCC#N)O[C@H]4C[C@H](n5cnc6c(NC(=O)c7ccccc7)ncnc65)O[C@@H]4COP(O)O[C@@H]2[C@@H]3O[Si](C)(C)C(C)(C)C)c(=O)[nH]1. The second kappa shape index (κ2) is 19.6. The molecule has 2 bridgehead atoms. The summed E-state index contributed by atoms with van der Waals surface area (Å²) in [5.74, 6) is -1.22. The molecule has 3 fully saturated rings. The number of fused-ring (bicyclic) bond motifs is 5. The van der Waals surface area contributed by atoms with Gasteiger partial charge in [0.25, 0.3) is 11.5 Å². The topological polar surface area (TPSA) is 300 Å². The number of amides is 2. The van der Waals surface area contributed by atoms with Crippen molar-refractivity contribution in [3.63, 3.8) is 0 Å². The number of phosphoric acid groups is 1. The molecular formula is C40H51N11O13P2Si. The first kappa shape index (κ1) is 48.5. The van der Waals surface area contributed by atoms with Gasteiger partial charge in [0.2, 0.25) is 11.9 Å². The zero-order valence-electron chi connectivity index (χ0n) is 37.6. The fraction of sp³-hybridized carbons (Fsp3) is 0.525. The van der Waals surface area contributed by atoms with Gasteiger partial charge in [0.15, 0.2) is 42.7 Å². The lowest BCUT2D eigenvalue weighted by molar-refractivity contribution is -0.118. The molecule has 5 aromatic rings. The van der Waals surface area contributed by atoms with Crippen LogP contribution >= 0.6 is 16.4 Å². The Morgan fingerprint density at radius 3 is 2.51 bits per heavy atom. The van der Waals surface area contributed by atoms with Gasteiger partial charge in [-0.2, -0.15) is 10.2 Å². The maximum absolute atomic E-state index is 14.8. The molecule has 0 aliphatic carbocycles. The van der Waals surface area contributed by atoms with Crippen LogP contribution in [0.1, 0.15) is 70.3 Å². The number of hydrogen-bond donors (Lipinski definition) is 4. The van der Waals surface area contributed by atoms with Gasteiger partial charge >= 0.3 is 16.4 Å². The van der Waals surface area contributed by atoms with Crippen molar-refractivity contribution in [1.29, 1.82) is 5.26 Å². The Kier molecular flexibility index (Phi) is 14.2. The van der Waals surface area contributed by atoms with Crippen LogP contribution in [0.15, 0.2) is 54.1 Å². The van der Waals surface area contributed by atoms with Crippen LogP contribution < -0.4 is 16.2 Å². The second-order valence-corrected chi connectivity index (χ2v) is 25.1. The maximum atomic E-state index is 14.8. The molecule has 1 aromatic carbocycles. The van der Waals surface area contributed by atoms with Crippen LogP contribution in [0, 0.1) is 17.2 Å². The number of nitrogens with zero attached hydrogens (tertiary/aromatic N) is 8. The number of rotatable bonds is 11. The molecule has 4 N–H and O–H groups in total. The lowest BCUT2D eigenvalue weighted by Crippen LogP contribution is -2.50. The predicted molar refractivity (Wildman–Crippen MR) is 240 cm³/mol. The molecule has 24 nitrogen and oxygen atoms in total. The zero-order chi connectivity index (χ0) is 47.8. The number of carbonyl (C=O) groups excluding carboxylic acids is 2. The summed E-state index contributed by atoms with van der Waals surface area (Å²) in [6.45, 7) is 12.3. The normalized spacial score (nSPS) is 27.2. The van der Waals surface area contributed by atoms with Crippen LogP contribution in [-0.2, 0) is 45.9 Å². The minimum absolute atomic E-state index is 0.00317. The van der Waals surface area contributed by atoms with Crippen molar-refractivity contribution in [3.8, 4) is 6.07 Å². The number of phosphoric ester groups is 1. The average molecular weight is 984 g/mol. The van der Waals surface area contributed by atoms with Crippen molar-refractivity contribution in [1.82, 2.24) is 39.0 Å². The fourth-order valence-electron chi connectivity index (χ4n) is 7.23. The number of nitrogens with one attached hydrogen (secondary N) is 3. The van der Waals surface area contributed by atoms with Crippen LogP contribution in [0.4, 0.5) is 11.8 Å². The van der Waals surface area contributed by atoms with E-state index >= 15 is 0 Å². The van der Waals surface area contributed by atoms with Crippen molar-refractivity contribution >= 4 is 70.7 Å². The number of imidazole rings is 2. The van der Waals surface area contributed by atoms with Crippen molar-refractivity contribution < 1.29 is 55.6 Å². The van der Waals surface area contributed by atoms with Gasteiger partial charge in [-0.3, -0.25) is 47.4 Å². The quantitative estimate of drug-likeness (QED) is 0.0726. The minimum Gasteiger partial charge on any atom is -0.408 e. The lowest BCUT2D eigenvalue weighted by Gasteiger charge is -2.40. The van der Waals surface area contributed by atoms with Gasteiger partial charge < -0.3 is 33.2 Å². The van der Waals surface area contributed by atoms with Gasteiger partial charge in [-0.1, -0.05) is 52.8 Å². The first-order valence-corrected chi connectivity index (χ1v) is 26.9. The molecule has 4 aromatic heterocycles. The number of carbonyl (C=O) groups is 2. The van der Waals surface area contributed by atoms with E-state index < -0.39 is 97.6 Å². The Morgan fingerprint density at radius 1 is 1.03 bits per heavy atom. The average Bonchev–Trinajstić information content (AvgIpc) is 4.07. The van der Waals surface area contributed by atoms with Crippen molar-refractivity contribution in [2.45, 2.75) is 109 Å². The van der Waals surface area contributed by atoms with Crippen LogP contribution in [0.25, 0.3) is 22.3 Å². The first-order valence-electron chi connectivity index (χ1n) is 21.4. The number of anilines is 2. The van der Waals surface area contributed by atoms with Gasteiger partial charge in [-0.15, -0.1) is 0 Å². The zero-order valence-corrected chi connectivity index (χ0v) is 40.4. The monoisotopic (exact) mass is 983 g/mol. The smallest absolute Gasteiger partial charge is 0.408 e. The van der Waals surface area contributed by atoms with Crippen molar-refractivity contribution in [2.24, 2.45) is 5.92 Å². The fourth-order valence-corrected chi connectivity index (χ4v) is 10.7. The highest BCUT2D eigenvalue weighted by Gasteiger charge is 2.54. The highest BCUT2D eigenvalue weighted by molar-refractivity contribution is 7.48. The Morgan fingerprint density at radius 2 is 1.78 bits per heavy atom. The summed E-state index contributed by atoms with van der Waals surface area (Å²) in [6, 6.07) is 10.5. The third-order valence-electron chi connectivity index (χ3n) is 11.8.